The van der Waals surface area contributed by atoms with E-state index in [1.54, 1.807) is 11.0 Å². The third kappa shape index (κ3) is 7.58. The molecule has 0 bridgehead atoms. The molecule has 0 spiro atoms. The van der Waals surface area contributed by atoms with Crippen LogP contribution in [0.25, 0.3) is 44.6 Å². The molecule has 2 aliphatic rings. The third-order valence-corrected chi connectivity index (χ3v) is 10.6. The lowest BCUT2D eigenvalue weighted by atomic mass is 10.1. The van der Waals surface area contributed by atoms with Crippen LogP contribution in [0.15, 0.2) is 97.6 Å². The van der Waals surface area contributed by atoms with Gasteiger partial charge in [-0.3, -0.25) is 0 Å². The van der Waals surface area contributed by atoms with Gasteiger partial charge in [0, 0.05) is 60.9 Å². The molecule has 53 heavy (non-hydrogen) atoms. The molecule has 10 nitrogen and oxygen atoms in total. The van der Waals surface area contributed by atoms with E-state index in [0.29, 0.717) is 17.7 Å². The lowest BCUT2D eigenvalue weighted by Gasteiger charge is -2.11. The predicted molar refractivity (Wildman–Crippen MR) is 211 cm³/mol. The predicted octanol–water partition coefficient (Wildman–Crippen LogP) is 9.73. The van der Waals surface area contributed by atoms with Crippen LogP contribution in [0.4, 0.5) is 0 Å². The van der Waals surface area contributed by atoms with Crippen LogP contribution in [-0.4, -0.2) is 49.5 Å². The van der Waals surface area contributed by atoms with Crippen LogP contribution in [0.3, 0.4) is 0 Å². The molecule has 0 aliphatic heterocycles. The van der Waals surface area contributed by atoms with Crippen molar-refractivity contribution in [1.29, 1.82) is 0 Å². The van der Waals surface area contributed by atoms with E-state index in [-0.39, 0.29) is 0 Å². The maximum Gasteiger partial charge on any atom is 0.113 e. The van der Waals surface area contributed by atoms with Crippen molar-refractivity contribution < 1.29 is 0 Å². The van der Waals surface area contributed by atoms with Crippen molar-refractivity contribution in [3.05, 3.63) is 130 Å². The van der Waals surface area contributed by atoms with E-state index >= 15 is 0 Å². The summed E-state index contributed by atoms with van der Waals surface area (Å²) in [6.07, 6.45) is 8.66. The average Bonchev–Trinajstić information content (AvgIpc) is 4.04. The Balaban J connectivity index is 0.000000125. The molecule has 8 aromatic rings. The Kier molecular flexibility index (Phi) is 10.0. The topological polar surface area (TPSA) is 108 Å². The summed E-state index contributed by atoms with van der Waals surface area (Å²) >= 11 is 18.3. The number of aromatic amines is 1. The number of nitrogens with zero attached hydrogens (tertiary/aromatic N) is 9. The van der Waals surface area contributed by atoms with Crippen molar-refractivity contribution in [2.75, 3.05) is 0 Å². The molecule has 13 heteroatoms. The molecule has 1 N–H and O–H groups in total. The number of rotatable bonds is 7. The SMILES string of the molecule is Clc1ccccc1-c1nc[nH]c1C1CC1.Cn1nnc2ccc(CCl)cc21.Cn1nnc2ccc(Cn3cnc(-c4ccccc4Cl)c3C3CC3)cc21. The molecule has 0 radical (unpaired) electrons. The quantitative estimate of drug-likeness (QED) is 0.162. The number of benzene rings is 4. The number of aryl methyl sites for hydroxylation is 2. The van der Waals surface area contributed by atoms with Gasteiger partial charge in [0.25, 0.3) is 0 Å². The maximum absolute atomic E-state index is 6.43. The molecule has 2 saturated carbocycles. The third-order valence-electron chi connectivity index (χ3n) is 9.61. The molecule has 0 saturated heterocycles. The van der Waals surface area contributed by atoms with Gasteiger partial charge in [-0.05, 0) is 73.2 Å². The fourth-order valence-electron chi connectivity index (χ4n) is 6.55. The Morgan fingerprint density at radius 3 is 1.83 bits per heavy atom. The van der Waals surface area contributed by atoms with Crippen LogP contribution in [0, 0.1) is 0 Å². The molecule has 268 valence electrons. The zero-order valence-corrected chi connectivity index (χ0v) is 31.6. The number of fused-ring (bicyclic) bond motifs is 2. The Labute approximate surface area is 321 Å². The highest BCUT2D eigenvalue weighted by Crippen LogP contribution is 2.46. The van der Waals surface area contributed by atoms with E-state index in [2.05, 4.69) is 47.3 Å². The molecule has 4 aromatic carbocycles. The van der Waals surface area contributed by atoms with Crippen LogP contribution in [0.5, 0.6) is 0 Å². The minimum absolute atomic E-state index is 0.529. The number of alkyl halides is 1. The summed E-state index contributed by atoms with van der Waals surface area (Å²) in [6, 6.07) is 28.0. The molecule has 0 amide bonds. The molecular weight excluding hydrogens is 727 g/mol. The van der Waals surface area contributed by atoms with Crippen molar-refractivity contribution in [3.63, 3.8) is 0 Å². The smallest absolute Gasteiger partial charge is 0.113 e. The normalized spacial score (nSPS) is 13.8. The van der Waals surface area contributed by atoms with Crippen molar-refractivity contribution in [2.24, 2.45) is 14.1 Å². The number of H-pyrrole nitrogens is 1. The van der Waals surface area contributed by atoms with E-state index in [1.807, 2.05) is 97.9 Å². The first-order valence-electron chi connectivity index (χ1n) is 17.6. The van der Waals surface area contributed by atoms with Gasteiger partial charge in [-0.1, -0.05) is 82.2 Å². The highest BCUT2D eigenvalue weighted by atomic mass is 35.5. The minimum Gasteiger partial charge on any atom is -0.348 e. The summed E-state index contributed by atoms with van der Waals surface area (Å²) in [7, 11) is 3.79. The molecule has 2 fully saturated rings. The van der Waals surface area contributed by atoms with Gasteiger partial charge < -0.3 is 9.55 Å². The Morgan fingerprint density at radius 2 is 1.25 bits per heavy atom. The largest absolute Gasteiger partial charge is 0.348 e. The summed E-state index contributed by atoms with van der Waals surface area (Å²) in [5.41, 5.74) is 12.8. The Morgan fingerprint density at radius 1 is 0.679 bits per heavy atom. The molecule has 4 aromatic heterocycles. The van der Waals surface area contributed by atoms with Crippen LogP contribution in [0.1, 0.15) is 60.0 Å². The highest BCUT2D eigenvalue weighted by molar-refractivity contribution is 6.33. The first-order chi connectivity index (χ1) is 25.9. The molecule has 0 atom stereocenters. The maximum atomic E-state index is 6.43. The summed E-state index contributed by atoms with van der Waals surface area (Å²) in [6.45, 7) is 0.782. The molecule has 4 heterocycles. The van der Waals surface area contributed by atoms with Gasteiger partial charge in [-0.15, -0.1) is 21.8 Å². The second-order valence-corrected chi connectivity index (χ2v) is 14.6. The Hall–Kier alpha value is -5.03. The number of hydrogen-bond donors (Lipinski definition) is 1. The van der Waals surface area contributed by atoms with Crippen LogP contribution in [0.2, 0.25) is 10.0 Å². The van der Waals surface area contributed by atoms with Gasteiger partial charge in [0.15, 0.2) is 0 Å². The molecule has 10 rings (SSSR count). The van der Waals surface area contributed by atoms with E-state index < -0.39 is 0 Å². The van der Waals surface area contributed by atoms with E-state index in [0.717, 1.165) is 66.7 Å². The zero-order valence-electron chi connectivity index (χ0n) is 29.3. The van der Waals surface area contributed by atoms with E-state index in [9.17, 15) is 0 Å². The van der Waals surface area contributed by atoms with Gasteiger partial charge in [-0.25, -0.2) is 19.3 Å². The van der Waals surface area contributed by atoms with Crippen molar-refractivity contribution >= 4 is 56.9 Å². The van der Waals surface area contributed by atoms with Crippen molar-refractivity contribution in [3.8, 4) is 22.5 Å². The first kappa shape index (κ1) is 35.0. The number of halogens is 3. The van der Waals surface area contributed by atoms with Crippen LogP contribution >= 0.6 is 34.8 Å². The van der Waals surface area contributed by atoms with Crippen molar-refractivity contribution in [2.45, 2.75) is 49.9 Å². The summed E-state index contributed by atoms with van der Waals surface area (Å²) in [5.74, 6) is 1.77. The van der Waals surface area contributed by atoms with Crippen LogP contribution in [-0.2, 0) is 26.5 Å². The first-order valence-corrected chi connectivity index (χ1v) is 18.9. The lowest BCUT2D eigenvalue weighted by molar-refractivity contribution is 0.731. The standard InChI is InChI=1S/C20H18ClN5.C12H11ClN2.C8H8ClN3/c1-25-18-10-13(6-9-17(18)23-24-25)11-26-12-22-19(20(26)14-7-8-14)15-4-2-3-5-16(15)21;13-10-4-2-1-3-9(10)12-11(8-5-6-8)14-7-15-12;1-12-8-4-6(5-9)2-3-7(8)10-11-12/h2-6,9-10,12,14H,7-8,11H2,1H3;1-4,7-8H,5-6H2,(H,14,15);2-4H,5H2,1H3. The number of hydrogen-bond acceptors (Lipinski definition) is 6. The van der Waals surface area contributed by atoms with Gasteiger partial charge in [0.1, 0.15) is 11.0 Å². The summed E-state index contributed by atoms with van der Waals surface area (Å²) < 4.78 is 5.82. The summed E-state index contributed by atoms with van der Waals surface area (Å²) in [5, 5.41) is 17.6. The highest BCUT2D eigenvalue weighted by Gasteiger charge is 2.31. The van der Waals surface area contributed by atoms with Crippen LogP contribution < -0.4 is 0 Å². The van der Waals surface area contributed by atoms with E-state index in [1.165, 1.54) is 42.6 Å². The fourth-order valence-corrected chi connectivity index (χ4v) is 7.17. The number of nitrogens with one attached hydrogen (secondary N) is 1. The summed E-state index contributed by atoms with van der Waals surface area (Å²) in [4.78, 5) is 12.3. The second kappa shape index (κ2) is 15.1. The zero-order chi connectivity index (χ0) is 36.5. The monoisotopic (exact) mass is 762 g/mol. The second-order valence-electron chi connectivity index (χ2n) is 13.5. The molecule has 2 aliphatic carbocycles. The molecular formula is C40H37Cl3N10. The van der Waals surface area contributed by atoms with Gasteiger partial charge >= 0.3 is 0 Å². The molecule has 0 unspecified atom stereocenters. The van der Waals surface area contributed by atoms with Gasteiger partial charge in [0.2, 0.25) is 0 Å². The van der Waals surface area contributed by atoms with Gasteiger partial charge in [-0.2, -0.15) is 0 Å². The van der Waals surface area contributed by atoms with Gasteiger partial charge in [0.05, 0.1) is 45.1 Å². The fraction of sp³-hybridized carbons (Fsp3) is 0.250. The van der Waals surface area contributed by atoms with Crippen molar-refractivity contribution in [1.82, 2.24) is 49.5 Å². The Bertz CT molecular complexity index is 2520. The average molecular weight is 764 g/mol. The number of aromatic nitrogens is 10. The van der Waals surface area contributed by atoms with E-state index in [4.69, 9.17) is 39.8 Å². The number of imidazole rings is 2. The lowest BCUT2D eigenvalue weighted by Crippen LogP contribution is -2.03. The minimum atomic E-state index is 0.529.